The van der Waals surface area contributed by atoms with E-state index in [9.17, 15) is 9.59 Å². The molecule has 0 radical (unpaired) electrons. The molecule has 0 spiro atoms. The molecule has 0 saturated heterocycles. The molecule has 0 aliphatic heterocycles. The Labute approximate surface area is 148 Å². The van der Waals surface area contributed by atoms with E-state index in [1.165, 1.54) is 4.57 Å². The topological polar surface area (TPSA) is 73.0 Å². The lowest BCUT2D eigenvalue weighted by Crippen LogP contribution is -2.39. The number of nitrogens with zero attached hydrogens (tertiary/aromatic N) is 5. The molecule has 0 aliphatic carbocycles. The molecule has 0 fully saturated rings. The van der Waals surface area contributed by atoms with Gasteiger partial charge in [0.2, 0.25) is 11.9 Å². The van der Waals surface area contributed by atoms with Crippen LogP contribution in [0.15, 0.2) is 10.9 Å². The molecule has 0 saturated carbocycles. The summed E-state index contributed by atoms with van der Waals surface area (Å²) < 4.78 is 3.09. The van der Waals surface area contributed by atoms with E-state index in [0.29, 0.717) is 36.7 Å². The summed E-state index contributed by atoms with van der Waals surface area (Å²) in [5, 5.41) is 4.44. The van der Waals surface area contributed by atoms with Crippen LogP contribution in [0.25, 0.3) is 5.95 Å². The number of likely N-dealkylation sites (N-methyl/N-ethyl adjacent to an activating group) is 1. The molecule has 2 aromatic rings. The van der Waals surface area contributed by atoms with Gasteiger partial charge in [0, 0.05) is 24.3 Å². The van der Waals surface area contributed by atoms with Crippen molar-refractivity contribution >= 4 is 5.91 Å². The van der Waals surface area contributed by atoms with Gasteiger partial charge in [0.15, 0.2) is 0 Å². The van der Waals surface area contributed by atoms with E-state index in [4.69, 9.17) is 0 Å². The lowest BCUT2D eigenvalue weighted by molar-refractivity contribution is -0.131. The van der Waals surface area contributed by atoms with Crippen LogP contribution >= 0.6 is 0 Å². The molecule has 0 aliphatic rings. The van der Waals surface area contributed by atoms with Crippen molar-refractivity contribution in [2.24, 2.45) is 0 Å². The van der Waals surface area contributed by atoms with Gasteiger partial charge in [-0.2, -0.15) is 5.10 Å². The lowest BCUT2D eigenvalue weighted by atomic mass is 10.2. The molecule has 0 unspecified atom stereocenters. The highest BCUT2D eigenvalue weighted by atomic mass is 16.2. The van der Waals surface area contributed by atoms with Gasteiger partial charge in [-0.3, -0.25) is 14.2 Å². The van der Waals surface area contributed by atoms with Crippen LogP contribution in [0.4, 0.5) is 0 Å². The molecule has 0 atom stereocenters. The lowest BCUT2D eigenvalue weighted by Gasteiger charge is -2.21. The summed E-state index contributed by atoms with van der Waals surface area (Å²) in [6.07, 6.45) is 0.578. The normalized spacial score (nSPS) is 11.0. The maximum Gasteiger partial charge on any atom is 0.258 e. The average molecular weight is 345 g/mol. The van der Waals surface area contributed by atoms with E-state index in [1.807, 2.05) is 47.6 Å². The van der Waals surface area contributed by atoms with Crippen molar-refractivity contribution in [3.63, 3.8) is 0 Å². The van der Waals surface area contributed by atoms with Crippen LogP contribution in [0, 0.1) is 20.8 Å². The van der Waals surface area contributed by atoms with E-state index < -0.39 is 0 Å². The molecule has 7 heteroatoms. The number of carbonyl (C=O) groups is 1. The Bertz CT molecular complexity index is 831. The summed E-state index contributed by atoms with van der Waals surface area (Å²) in [7, 11) is 0. The number of aromatic nitrogens is 4. The molecule has 0 aromatic carbocycles. The Morgan fingerprint density at radius 2 is 1.80 bits per heavy atom. The highest BCUT2D eigenvalue weighted by Gasteiger charge is 2.20. The zero-order valence-electron chi connectivity index (χ0n) is 16.0. The molecular formula is C18H27N5O2. The van der Waals surface area contributed by atoms with Crippen molar-refractivity contribution < 1.29 is 4.79 Å². The summed E-state index contributed by atoms with van der Waals surface area (Å²) in [5.74, 6) is 0.299. The molecule has 7 nitrogen and oxygen atoms in total. The quantitative estimate of drug-likeness (QED) is 0.800. The Kier molecular flexibility index (Phi) is 5.77. The molecule has 1 amide bonds. The van der Waals surface area contributed by atoms with Crippen molar-refractivity contribution in [1.29, 1.82) is 0 Å². The van der Waals surface area contributed by atoms with Gasteiger partial charge < -0.3 is 4.90 Å². The van der Waals surface area contributed by atoms with Crippen molar-refractivity contribution in [3.05, 3.63) is 39.1 Å². The van der Waals surface area contributed by atoms with Crippen LogP contribution in [0.5, 0.6) is 0 Å². The minimum Gasteiger partial charge on any atom is -0.342 e. The summed E-state index contributed by atoms with van der Waals surface area (Å²) in [6.45, 7) is 12.6. The molecule has 2 heterocycles. The van der Waals surface area contributed by atoms with E-state index in [1.54, 1.807) is 9.58 Å². The van der Waals surface area contributed by atoms with E-state index >= 15 is 0 Å². The van der Waals surface area contributed by atoms with Crippen LogP contribution in [-0.4, -0.2) is 43.2 Å². The predicted molar refractivity (Wildman–Crippen MR) is 97.1 cm³/mol. The molecule has 2 rings (SSSR count). The standard InChI is InChI=1S/C18H27N5O2/c1-7-15-14(6)19-18(23-13(5)10-12(4)20-23)22(17(15)25)11-16(24)21(8-2)9-3/h10H,7-9,11H2,1-6H3. The highest BCUT2D eigenvalue weighted by molar-refractivity contribution is 5.76. The van der Waals surface area contributed by atoms with Crippen LogP contribution in [0.3, 0.4) is 0 Å². The van der Waals surface area contributed by atoms with Crippen molar-refractivity contribution in [1.82, 2.24) is 24.2 Å². The SMILES string of the molecule is CCc1c(C)nc(-n2nc(C)cc2C)n(CC(=O)N(CC)CC)c1=O. The van der Waals surface area contributed by atoms with Crippen LogP contribution in [0.1, 0.15) is 43.4 Å². The number of aryl methyl sites for hydroxylation is 3. The molecule has 0 bridgehead atoms. The molecule has 136 valence electrons. The minimum atomic E-state index is -0.168. The minimum absolute atomic E-state index is 0.0333. The fourth-order valence-corrected chi connectivity index (χ4v) is 3.04. The third kappa shape index (κ3) is 3.65. The Morgan fingerprint density at radius 1 is 1.16 bits per heavy atom. The van der Waals surface area contributed by atoms with E-state index in [2.05, 4.69) is 10.1 Å². The summed E-state index contributed by atoms with van der Waals surface area (Å²) in [5.41, 5.74) is 2.86. The molecule has 2 aromatic heterocycles. The average Bonchev–Trinajstić information content (AvgIpc) is 2.89. The smallest absolute Gasteiger partial charge is 0.258 e. The zero-order chi connectivity index (χ0) is 18.7. The molecule has 0 N–H and O–H groups in total. The molecule has 25 heavy (non-hydrogen) atoms. The van der Waals surface area contributed by atoms with Gasteiger partial charge >= 0.3 is 0 Å². The Morgan fingerprint density at radius 3 is 2.28 bits per heavy atom. The van der Waals surface area contributed by atoms with E-state index in [-0.39, 0.29) is 18.0 Å². The predicted octanol–water partition coefficient (Wildman–Crippen LogP) is 1.79. The third-order valence-electron chi connectivity index (χ3n) is 4.41. The van der Waals surface area contributed by atoms with Crippen LogP contribution < -0.4 is 5.56 Å². The Balaban J connectivity index is 2.65. The maximum absolute atomic E-state index is 13.0. The summed E-state index contributed by atoms with van der Waals surface area (Å²) in [4.78, 5) is 31.9. The summed E-state index contributed by atoms with van der Waals surface area (Å²) in [6, 6.07) is 1.92. The first kappa shape index (κ1) is 18.9. The van der Waals surface area contributed by atoms with E-state index in [0.717, 1.165) is 11.4 Å². The largest absolute Gasteiger partial charge is 0.342 e. The summed E-state index contributed by atoms with van der Waals surface area (Å²) >= 11 is 0. The fraction of sp³-hybridized carbons (Fsp3) is 0.556. The first-order valence-electron chi connectivity index (χ1n) is 8.75. The number of hydrogen-bond acceptors (Lipinski definition) is 4. The number of hydrogen-bond donors (Lipinski definition) is 0. The van der Waals surface area contributed by atoms with Gasteiger partial charge in [0.25, 0.3) is 5.56 Å². The number of rotatable bonds is 6. The van der Waals surface area contributed by atoms with Crippen LogP contribution in [0.2, 0.25) is 0 Å². The first-order chi connectivity index (χ1) is 11.8. The number of carbonyl (C=O) groups excluding carboxylic acids is 1. The van der Waals surface area contributed by atoms with Crippen molar-refractivity contribution in [2.45, 2.75) is 54.5 Å². The second kappa shape index (κ2) is 7.63. The van der Waals surface area contributed by atoms with Crippen molar-refractivity contribution in [3.8, 4) is 5.95 Å². The van der Waals surface area contributed by atoms with Crippen LogP contribution in [-0.2, 0) is 17.8 Å². The Hall–Kier alpha value is -2.44. The van der Waals surface area contributed by atoms with Gasteiger partial charge in [-0.25, -0.2) is 9.67 Å². The second-order valence-corrected chi connectivity index (χ2v) is 6.13. The fourth-order valence-electron chi connectivity index (χ4n) is 3.04. The van der Waals surface area contributed by atoms with Gasteiger partial charge in [-0.1, -0.05) is 6.92 Å². The van der Waals surface area contributed by atoms with Gasteiger partial charge in [0.1, 0.15) is 6.54 Å². The maximum atomic E-state index is 13.0. The zero-order valence-corrected chi connectivity index (χ0v) is 16.0. The third-order valence-corrected chi connectivity index (χ3v) is 4.41. The monoisotopic (exact) mass is 345 g/mol. The van der Waals surface area contributed by atoms with Gasteiger partial charge in [0.05, 0.1) is 11.4 Å². The van der Waals surface area contributed by atoms with Gasteiger partial charge in [-0.15, -0.1) is 0 Å². The first-order valence-corrected chi connectivity index (χ1v) is 8.75. The number of amides is 1. The molecular weight excluding hydrogens is 318 g/mol. The van der Waals surface area contributed by atoms with Crippen molar-refractivity contribution in [2.75, 3.05) is 13.1 Å². The highest BCUT2D eigenvalue weighted by Crippen LogP contribution is 2.12. The van der Waals surface area contributed by atoms with Gasteiger partial charge in [-0.05, 0) is 47.1 Å². The second-order valence-electron chi connectivity index (χ2n) is 6.13.